The molecule has 0 aliphatic heterocycles. The molecule has 0 aromatic heterocycles. The number of hydrogen-bond acceptors (Lipinski definition) is 5. The van der Waals surface area contributed by atoms with Crippen molar-refractivity contribution in [3.05, 3.63) is 24.3 Å². The minimum absolute atomic E-state index is 0.0130. The number of amides is 2. The topological polar surface area (TPSA) is 103 Å². The first-order valence-electron chi connectivity index (χ1n) is 7.49. The normalized spacial score (nSPS) is 11.9. The average molecular weight is 323 g/mol. The second kappa shape index (κ2) is 9.81. The Bertz CT molecular complexity index is 520. The van der Waals surface area contributed by atoms with Crippen molar-refractivity contribution in [3.8, 4) is 5.75 Å². The van der Waals surface area contributed by atoms with E-state index in [0.717, 1.165) is 0 Å². The van der Waals surface area contributed by atoms with E-state index < -0.39 is 6.04 Å². The van der Waals surface area contributed by atoms with Crippen LogP contribution in [0.3, 0.4) is 0 Å². The number of nitrogens with two attached hydrogens (primary N) is 1. The Hall–Kier alpha value is -2.12. The maximum atomic E-state index is 11.9. The minimum atomic E-state index is -0.625. The highest BCUT2D eigenvalue weighted by Crippen LogP contribution is 2.17. The SMILES string of the molecule is COCCOc1cccc(NC(=O)CNC(=O)[C@@H](N)C(C)C)c1. The number of nitrogens with one attached hydrogen (secondary N) is 2. The standard InChI is InChI=1S/C16H25N3O4/c1-11(2)15(17)16(21)18-10-14(20)19-12-5-4-6-13(9-12)23-8-7-22-3/h4-6,9,11,15H,7-8,10,17H2,1-3H3,(H,18,21)(H,19,20)/t15-/m0/s1. The highest BCUT2D eigenvalue weighted by molar-refractivity contribution is 5.95. The molecule has 128 valence electrons. The fraction of sp³-hybridized carbons (Fsp3) is 0.500. The van der Waals surface area contributed by atoms with Crippen LogP contribution in [0.2, 0.25) is 0 Å². The summed E-state index contributed by atoms with van der Waals surface area (Å²) in [5.41, 5.74) is 6.30. The van der Waals surface area contributed by atoms with Gasteiger partial charge in [0.1, 0.15) is 12.4 Å². The summed E-state index contributed by atoms with van der Waals surface area (Å²) in [6.45, 7) is 4.47. The van der Waals surface area contributed by atoms with E-state index in [0.29, 0.717) is 24.7 Å². The highest BCUT2D eigenvalue weighted by atomic mass is 16.5. The second-order valence-corrected chi connectivity index (χ2v) is 5.40. The predicted molar refractivity (Wildman–Crippen MR) is 88.3 cm³/mol. The Labute approximate surface area is 136 Å². The maximum Gasteiger partial charge on any atom is 0.243 e. The first-order chi connectivity index (χ1) is 10.9. The van der Waals surface area contributed by atoms with Crippen molar-refractivity contribution in [2.75, 3.05) is 32.2 Å². The molecule has 1 aromatic rings. The van der Waals surface area contributed by atoms with Gasteiger partial charge in [0, 0.05) is 18.9 Å². The molecule has 23 heavy (non-hydrogen) atoms. The van der Waals surface area contributed by atoms with Gasteiger partial charge in [0.2, 0.25) is 11.8 Å². The number of rotatable bonds is 9. The number of hydrogen-bond donors (Lipinski definition) is 3. The molecule has 0 aliphatic rings. The van der Waals surface area contributed by atoms with Crippen molar-refractivity contribution >= 4 is 17.5 Å². The van der Waals surface area contributed by atoms with Gasteiger partial charge in [0.25, 0.3) is 0 Å². The fourth-order valence-electron chi connectivity index (χ4n) is 1.70. The molecule has 0 aliphatic carbocycles. The van der Waals surface area contributed by atoms with Gasteiger partial charge in [-0.25, -0.2) is 0 Å². The first-order valence-corrected chi connectivity index (χ1v) is 7.49. The summed E-state index contributed by atoms with van der Waals surface area (Å²) >= 11 is 0. The van der Waals surface area contributed by atoms with Crippen LogP contribution >= 0.6 is 0 Å². The molecule has 0 saturated carbocycles. The lowest BCUT2D eigenvalue weighted by Crippen LogP contribution is -2.46. The molecule has 0 fully saturated rings. The van der Waals surface area contributed by atoms with Gasteiger partial charge >= 0.3 is 0 Å². The lowest BCUT2D eigenvalue weighted by Gasteiger charge is -2.15. The molecule has 0 saturated heterocycles. The Kier molecular flexibility index (Phi) is 8.07. The van der Waals surface area contributed by atoms with Crippen LogP contribution in [0.25, 0.3) is 0 Å². The zero-order valence-electron chi connectivity index (χ0n) is 13.8. The smallest absolute Gasteiger partial charge is 0.243 e. The monoisotopic (exact) mass is 323 g/mol. The van der Waals surface area contributed by atoms with Crippen molar-refractivity contribution in [1.82, 2.24) is 5.32 Å². The molecule has 0 spiro atoms. The van der Waals surface area contributed by atoms with Crippen molar-refractivity contribution in [2.24, 2.45) is 11.7 Å². The van der Waals surface area contributed by atoms with Gasteiger partial charge in [-0.3, -0.25) is 9.59 Å². The lowest BCUT2D eigenvalue weighted by atomic mass is 10.1. The minimum Gasteiger partial charge on any atom is -0.491 e. The molecule has 1 aromatic carbocycles. The van der Waals surface area contributed by atoms with Crippen LogP contribution < -0.4 is 21.1 Å². The summed E-state index contributed by atoms with van der Waals surface area (Å²) in [5, 5.41) is 5.21. The predicted octanol–water partition coefficient (Wildman–Crippen LogP) is 0.750. The van der Waals surface area contributed by atoms with E-state index in [1.54, 1.807) is 31.4 Å². The van der Waals surface area contributed by atoms with E-state index in [2.05, 4.69) is 10.6 Å². The van der Waals surface area contributed by atoms with Gasteiger partial charge in [0.15, 0.2) is 0 Å². The number of carbonyl (C=O) groups is 2. The van der Waals surface area contributed by atoms with Gasteiger partial charge in [-0.15, -0.1) is 0 Å². The summed E-state index contributed by atoms with van der Waals surface area (Å²) in [7, 11) is 1.60. The number of anilines is 1. The molecule has 2 amide bonds. The van der Waals surface area contributed by atoms with Crippen LogP contribution in [0.5, 0.6) is 5.75 Å². The van der Waals surface area contributed by atoms with Gasteiger partial charge in [-0.05, 0) is 18.1 Å². The molecular formula is C16H25N3O4. The quantitative estimate of drug-likeness (QED) is 0.582. The third-order valence-corrected chi connectivity index (χ3v) is 3.12. The van der Waals surface area contributed by atoms with Crippen molar-refractivity contribution in [2.45, 2.75) is 19.9 Å². The zero-order valence-corrected chi connectivity index (χ0v) is 13.8. The number of carbonyl (C=O) groups excluding carboxylic acids is 2. The number of benzene rings is 1. The summed E-state index contributed by atoms with van der Waals surface area (Å²) < 4.78 is 10.4. The Morgan fingerprint density at radius 3 is 2.65 bits per heavy atom. The molecule has 0 bridgehead atoms. The molecule has 0 radical (unpaired) electrons. The molecule has 7 heteroatoms. The molecule has 1 rings (SSSR count). The third-order valence-electron chi connectivity index (χ3n) is 3.12. The van der Waals surface area contributed by atoms with Crippen molar-refractivity contribution in [3.63, 3.8) is 0 Å². The van der Waals surface area contributed by atoms with E-state index in [9.17, 15) is 9.59 Å². The maximum absolute atomic E-state index is 11.9. The number of ether oxygens (including phenoxy) is 2. The Balaban J connectivity index is 2.45. The molecule has 0 heterocycles. The van der Waals surface area contributed by atoms with Crippen LogP contribution in [0, 0.1) is 5.92 Å². The summed E-state index contributed by atoms with van der Waals surface area (Å²) in [6.07, 6.45) is 0. The molecule has 4 N–H and O–H groups in total. The Morgan fingerprint density at radius 2 is 2.00 bits per heavy atom. The average Bonchev–Trinajstić information content (AvgIpc) is 2.52. The van der Waals surface area contributed by atoms with Crippen LogP contribution in [-0.4, -0.2) is 44.7 Å². The van der Waals surface area contributed by atoms with Gasteiger partial charge in [0.05, 0.1) is 19.2 Å². The highest BCUT2D eigenvalue weighted by Gasteiger charge is 2.17. The fourth-order valence-corrected chi connectivity index (χ4v) is 1.70. The van der Waals surface area contributed by atoms with E-state index >= 15 is 0 Å². The van der Waals surface area contributed by atoms with Gasteiger partial charge < -0.3 is 25.8 Å². The van der Waals surface area contributed by atoms with Crippen LogP contribution in [0.1, 0.15) is 13.8 Å². The van der Waals surface area contributed by atoms with Crippen molar-refractivity contribution < 1.29 is 19.1 Å². The number of methoxy groups -OCH3 is 1. The van der Waals surface area contributed by atoms with Crippen LogP contribution in [0.4, 0.5) is 5.69 Å². The lowest BCUT2D eigenvalue weighted by molar-refractivity contribution is -0.125. The van der Waals surface area contributed by atoms with Crippen LogP contribution in [-0.2, 0) is 14.3 Å². The second-order valence-electron chi connectivity index (χ2n) is 5.40. The molecule has 0 unspecified atom stereocenters. The summed E-state index contributed by atoms with van der Waals surface area (Å²) in [4.78, 5) is 23.5. The van der Waals surface area contributed by atoms with E-state index in [-0.39, 0.29) is 24.3 Å². The molecular weight excluding hydrogens is 298 g/mol. The first kappa shape index (κ1) is 18.9. The van der Waals surface area contributed by atoms with Gasteiger partial charge in [-0.2, -0.15) is 0 Å². The Morgan fingerprint density at radius 1 is 1.26 bits per heavy atom. The summed E-state index contributed by atoms with van der Waals surface area (Å²) in [6, 6.07) is 6.37. The summed E-state index contributed by atoms with van der Waals surface area (Å²) in [5.74, 6) is -0.0279. The van der Waals surface area contributed by atoms with Crippen molar-refractivity contribution in [1.29, 1.82) is 0 Å². The molecule has 7 nitrogen and oxygen atoms in total. The third kappa shape index (κ3) is 7.12. The largest absolute Gasteiger partial charge is 0.491 e. The van der Waals surface area contributed by atoms with E-state index in [1.165, 1.54) is 0 Å². The van der Waals surface area contributed by atoms with Gasteiger partial charge in [-0.1, -0.05) is 19.9 Å². The van der Waals surface area contributed by atoms with E-state index in [4.69, 9.17) is 15.2 Å². The zero-order chi connectivity index (χ0) is 17.2. The molecule has 1 atom stereocenters. The van der Waals surface area contributed by atoms with E-state index in [1.807, 2.05) is 13.8 Å². The van der Waals surface area contributed by atoms with Crippen LogP contribution in [0.15, 0.2) is 24.3 Å².